The molecule has 0 aliphatic heterocycles. The monoisotopic (exact) mass is 167 g/mol. The van der Waals surface area contributed by atoms with Gasteiger partial charge >= 0.3 is 0 Å². The van der Waals surface area contributed by atoms with E-state index in [2.05, 4.69) is 17.5 Å². The minimum absolute atomic E-state index is 0.505. The fourth-order valence-corrected chi connectivity index (χ4v) is 2.29. The Morgan fingerprint density at radius 3 is 2.82 bits per heavy atom. The van der Waals surface area contributed by atoms with Crippen molar-refractivity contribution >= 4 is 11.3 Å². The van der Waals surface area contributed by atoms with Crippen molar-refractivity contribution in [2.45, 2.75) is 19.3 Å². The molecule has 1 aromatic rings. The summed E-state index contributed by atoms with van der Waals surface area (Å²) in [4.78, 5) is 1.49. The molecule has 1 nitrogen and oxygen atoms in total. The molecule has 1 aliphatic rings. The van der Waals surface area contributed by atoms with Gasteiger partial charge in [0.2, 0.25) is 0 Å². The Balaban J connectivity index is 2.01. The Labute approximate surface area is 71.2 Å². The molecule has 0 bridgehead atoms. The van der Waals surface area contributed by atoms with E-state index in [0.717, 1.165) is 6.54 Å². The number of thiophene rings is 1. The molecule has 2 N–H and O–H groups in total. The van der Waals surface area contributed by atoms with Crippen LogP contribution < -0.4 is 5.73 Å². The first kappa shape index (κ1) is 7.32. The van der Waals surface area contributed by atoms with Gasteiger partial charge in [0.25, 0.3) is 0 Å². The lowest BCUT2D eigenvalue weighted by Gasteiger charge is -2.08. The summed E-state index contributed by atoms with van der Waals surface area (Å²) in [7, 11) is 0. The number of rotatable bonds is 3. The summed E-state index contributed by atoms with van der Waals surface area (Å²) in [5, 5.41) is 2.14. The van der Waals surface area contributed by atoms with Gasteiger partial charge in [-0.15, -0.1) is 11.3 Å². The van der Waals surface area contributed by atoms with Crippen molar-refractivity contribution in [2.75, 3.05) is 6.54 Å². The lowest BCUT2D eigenvalue weighted by atomic mass is 10.0. The Hall–Kier alpha value is -0.340. The molecule has 0 atom stereocenters. The summed E-state index contributed by atoms with van der Waals surface area (Å²) >= 11 is 1.85. The van der Waals surface area contributed by atoms with Gasteiger partial charge in [-0.05, 0) is 42.7 Å². The Kier molecular flexibility index (Phi) is 1.74. The normalized spacial score (nSPS) is 20.1. The van der Waals surface area contributed by atoms with Crippen LogP contribution in [0.5, 0.6) is 0 Å². The van der Waals surface area contributed by atoms with Crippen LogP contribution in [0.2, 0.25) is 0 Å². The Bertz CT molecular complexity index is 224. The molecule has 2 rings (SSSR count). The van der Waals surface area contributed by atoms with Crippen molar-refractivity contribution in [1.82, 2.24) is 0 Å². The first-order chi connectivity index (χ1) is 5.35. The van der Waals surface area contributed by atoms with Crippen LogP contribution in [0, 0.1) is 5.41 Å². The van der Waals surface area contributed by atoms with Gasteiger partial charge in [0.1, 0.15) is 0 Å². The van der Waals surface area contributed by atoms with Gasteiger partial charge < -0.3 is 5.73 Å². The molecule has 1 saturated carbocycles. The van der Waals surface area contributed by atoms with E-state index >= 15 is 0 Å². The lowest BCUT2D eigenvalue weighted by Crippen LogP contribution is -2.17. The van der Waals surface area contributed by atoms with Gasteiger partial charge in [-0.1, -0.05) is 6.07 Å². The first-order valence-corrected chi connectivity index (χ1v) is 4.95. The van der Waals surface area contributed by atoms with E-state index in [9.17, 15) is 0 Å². The van der Waals surface area contributed by atoms with E-state index < -0.39 is 0 Å². The molecule has 1 fully saturated rings. The average Bonchev–Trinajstić information content (AvgIpc) is 2.59. The van der Waals surface area contributed by atoms with E-state index in [1.165, 1.54) is 24.1 Å². The van der Waals surface area contributed by atoms with Gasteiger partial charge in [-0.2, -0.15) is 0 Å². The summed E-state index contributed by atoms with van der Waals surface area (Å²) in [5.41, 5.74) is 6.19. The topological polar surface area (TPSA) is 26.0 Å². The zero-order valence-electron chi connectivity index (χ0n) is 6.55. The van der Waals surface area contributed by atoms with Gasteiger partial charge in [-0.3, -0.25) is 0 Å². The van der Waals surface area contributed by atoms with E-state index in [1.54, 1.807) is 0 Å². The lowest BCUT2D eigenvalue weighted by molar-refractivity contribution is 0.525. The second kappa shape index (κ2) is 2.61. The maximum absolute atomic E-state index is 5.69. The summed E-state index contributed by atoms with van der Waals surface area (Å²) in [6.07, 6.45) is 3.88. The highest BCUT2D eigenvalue weighted by atomic mass is 32.1. The maximum Gasteiger partial charge on any atom is 0.00512 e. The van der Waals surface area contributed by atoms with Crippen LogP contribution in [0.15, 0.2) is 17.5 Å². The molecule has 1 aromatic heterocycles. The van der Waals surface area contributed by atoms with Gasteiger partial charge in [-0.25, -0.2) is 0 Å². The van der Waals surface area contributed by atoms with Crippen molar-refractivity contribution in [2.24, 2.45) is 11.1 Å². The van der Waals surface area contributed by atoms with Crippen molar-refractivity contribution in [3.63, 3.8) is 0 Å². The second-order valence-electron chi connectivity index (χ2n) is 3.46. The van der Waals surface area contributed by atoms with Crippen molar-refractivity contribution in [1.29, 1.82) is 0 Å². The van der Waals surface area contributed by atoms with Crippen LogP contribution in [-0.4, -0.2) is 6.54 Å². The van der Waals surface area contributed by atoms with Gasteiger partial charge in [0.15, 0.2) is 0 Å². The molecule has 1 aliphatic carbocycles. The number of hydrogen-bond donors (Lipinski definition) is 1. The number of nitrogens with two attached hydrogens (primary N) is 1. The number of hydrogen-bond acceptors (Lipinski definition) is 2. The molecule has 0 amide bonds. The predicted octanol–water partition coefficient (Wildman–Crippen LogP) is 2.03. The van der Waals surface area contributed by atoms with Crippen LogP contribution in [0.3, 0.4) is 0 Å². The van der Waals surface area contributed by atoms with E-state index in [1.807, 2.05) is 11.3 Å². The molecule has 60 valence electrons. The van der Waals surface area contributed by atoms with Gasteiger partial charge in [0.05, 0.1) is 0 Å². The third-order valence-electron chi connectivity index (χ3n) is 2.52. The molecular weight excluding hydrogens is 154 g/mol. The highest BCUT2D eigenvalue weighted by molar-refractivity contribution is 7.09. The second-order valence-corrected chi connectivity index (χ2v) is 4.49. The maximum atomic E-state index is 5.69. The molecule has 0 radical (unpaired) electrons. The largest absolute Gasteiger partial charge is 0.330 e. The van der Waals surface area contributed by atoms with E-state index in [-0.39, 0.29) is 0 Å². The van der Waals surface area contributed by atoms with Crippen molar-refractivity contribution in [3.05, 3.63) is 22.4 Å². The van der Waals surface area contributed by atoms with E-state index in [0.29, 0.717) is 5.41 Å². The molecule has 0 unspecified atom stereocenters. The van der Waals surface area contributed by atoms with E-state index in [4.69, 9.17) is 5.73 Å². The zero-order valence-corrected chi connectivity index (χ0v) is 7.36. The van der Waals surface area contributed by atoms with Gasteiger partial charge in [0, 0.05) is 4.88 Å². The minimum atomic E-state index is 0.505. The fraction of sp³-hybridized carbons (Fsp3) is 0.556. The quantitative estimate of drug-likeness (QED) is 0.732. The molecule has 11 heavy (non-hydrogen) atoms. The molecule has 0 spiro atoms. The highest BCUT2D eigenvalue weighted by Crippen LogP contribution is 2.47. The molecule has 0 aromatic carbocycles. The standard InChI is InChI=1S/C9H13NS/c10-7-9(3-4-9)6-8-2-1-5-11-8/h1-2,5H,3-4,6-7,10H2. The van der Waals surface area contributed by atoms with Crippen molar-refractivity contribution in [3.8, 4) is 0 Å². The highest BCUT2D eigenvalue weighted by Gasteiger charge is 2.41. The summed E-state index contributed by atoms with van der Waals surface area (Å²) in [5.74, 6) is 0. The van der Waals surface area contributed by atoms with Crippen LogP contribution in [0.4, 0.5) is 0 Å². The van der Waals surface area contributed by atoms with Crippen LogP contribution in [0.1, 0.15) is 17.7 Å². The third kappa shape index (κ3) is 1.47. The first-order valence-electron chi connectivity index (χ1n) is 4.07. The fourth-order valence-electron chi connectivity index (χ4n) is 1.41. The van der Waals surface area contributed by atoms with Crippen LogP contribution >= 0.6 is 11.3 Å². The Morgan fingerprint density at radius 1 is 1.55 bits per heavy atom. The molecular formula is C9H13NS. The third-order valence-corrected chi connectivity index (χ3v) is 3.40. The van der Waals surface area contributed by atoms with Crippen LogP contribution in [-0.2, 0) is 6.42 Å². The minimum Gasteiger partial charge on any atom is -0.330 e. The molecule has 2 heteroatoms. The molecule has 1 heterocycles. The van der Waals surface area contributed by atoms with Crippen molar-refractivity contribution < 1.29 is 0 Å². The predicted molar refractivity (Wildman–Crippen MR) is 48.7 cm³/mol. The Morgan fingerprint density at radius 2 is 2.36 bits per heavy atom. The zero-order chi connectivity index (χ0) is 7.73. The SMILES string of the molecule is NCC1(Cc2cccs2)CC1. The average molecular weight is 167 g/mol. The summed E-state index contributed by atoms with van der Waals surface area (Å²) in [6, 6.07) is 4.33. The molecule has 0 saturated heterocycles. The summed E-state index contributed by atoms with van der Waals surface area (Å²) < 4.78 is 0. The van der Waals surface area contributed by atoms with Crippen LogP contribution in [0.25, 0.3) is 0 Å². The summed E-state index contributed by atoms with van der Waals surface area (Å²) in [6.45, 7) is 0.866. The smallest absolute Gasteiger partial charge is 0.00512 e.